The first-order valence-corrected chi connectivity index (χ1v) is 10.4. The molecule has 0 fully saturated rings. The molecule has 1 N–H and O–H groups in total. The van der Waals surface area contributed by atoms with Gasteiger partial charge in [0.1, 0.15) is 0 Å². The Morgan fingerprint density at radius 1 is 1.32 bits per heavy atom. The molecule has 6 nitrogen and oxygen atoms in total. The van der Waals surface area contributed by atoms with Crippen LogP contribution in [-0.4, -0.2) is 31.2 Å². The molecule has 0 spiro atoms. The topological polar surface area (TPSA) is 85.4 Å². The zero-order chi connectivity index (χ0) is 18.0. The molecule has 1 aliphatic rings. The van der Waals surface area contributed by atoms with Crippen molar-refractivity contribution < 1.29 is 17.9 Å². The zero-order valence-electron chi connectivity index (χ0n) is 14.1. The lowest BCUT2D eigenvalue weighted by atomic mass is 10.1. The molecule has 0 radical (unpaired) electrons. The second kappa shape index (κ2) is 7.23. The van der Waals surface area contributed by atoms with Crippen molar-refractivity contribution in [1.82, 2.24) is 4.98 Å². The fraction of sp³-hybridized carbons (Fsp3) is 0.412. The number of nitrogens with zero attached hydrogens (tertiary/aromatic N) is 1. The number of thiazole rings is 1. The van der Waals surface area contributed by atoms with Crippen molar-refractivity contribution >= 4 is 32.2 Å². The number of benzene rings is 1. The Kier molecular flexibility index (Phi) is 5.21. The number of carbonyl (C=O) groups is 1. The summed E-state index contributed by atoms with van der Waals surface area (Å²) >= 11 is 1.44. The molecule has 0 unspecified atom stereocenters. The summed E-state index contributed by atoms with van der Waals surface area (Å²) in [4.78, 5) is 18.0. The van der Waals surface area contributed by atoms with Crippen LogP contribution in [0.1, 0.15) is 30.0 Å². The summed E-state index contributed by atoms with van der Waals surface area (Å²) in [6.45, 7) is 4.51. The van der Waals surface area contributed by atoms with Crippen LogP contribution in [0.3, 0.4) is 0 Å². The van der Waals surface area contributed by atoms with E-state index in [1.165, 1.54) is 11.3 Å². The highest BCUT2D eigenvalue weighted by molar-refractivity contribution is 7.92. The van der Waals surface area contributed by atoms with Gasteiger partial charge in [-0.3, -0.25) is 4.79 Å². The lowest BCUT2D eigenvalue weighted by Gasteiger charge is -2.08. The molecule has 1 amide bonds. The van der Waals surface area contributed by atoms with Crippen molar-refractivity contribution in [2.24, 2.45) is 0 Å². The maximum Gasteiger partial charge on any atom is 0.230 e. The van der Waals surface area contributed by atoms with Crippen LogP contribution in [0.25, 0.3) is 0 Å². The van der Waals surface area contributed by atoms with Crippen LogP contribution in [0, 0.1) is 0 Å². The molecule has 3 rings (SSSR count). The van der Waals surface area contributed by atoms with Crippen LogP contribution in [0.5, 0.6) is 0 Å². The predicted molar refractivity (Wildman–Crippen MR) is 96.6 cm³/mol. The molecule has 25 heavy (non-hydrogen) atoms. The molecular formula is C17H20N2O4S2. The number of aromatic nitrogens is 1. The third-order valence-corrected chi connectivity index (χ3v) is 7.14. The maximum absolute atomic E-state index is 12.2. The summed E-state index contributed by atoms with van der Waals surface area (Å²) in [7, 11) is -3.29. The van der Waals surface area contributed by atoms with E-state index in [9.17, 15) is 13.2 Å². The molecule has 0 aliphatic carbocycles. The molecule has 2 heterocycles. The van der Waals surface area contributed by atoms with E-state index < -0.39 is 15.1 Å². The number of hydrogen-bond acceptors (Lipinski definition) is 6. The van der Waals surface area contributed by atoms with Gasteiger partial charge in [-0.25, -0.2) is 13.4 Å². The highest BCUT2D eigenvalue weighted by Crippen LogP contribution is 2.27. The van der Waals surface area contributed by atoms with Gasteiger partial charge in [-0.05, 0) is 31.5 Å². The van der Waals surface area contributed by atoms with Crippen LogP contribution >= 0.6 is 11.3 Å². The minimum absolute atomic E-state index is 0.169. The predicted octanol–water partition coefficient (Wildman–Crippen LogP) is 2.58. The summed E-state index contributed by atoms with van der Waals surface area (Å²) in [5.74, 6) is -0.175. The maximum atomic E-state index is 12.2. The van der Waals surface area contributed by atoms with E-state index in [1.54, 1.807) is 38.1 Å². The second-order valence-electron chi connectivity index (χ2n) is 6.15. The first-order chi connectivity index (χ1) is 11.9. The lowest BCUT2D eigenvalue weighted by molar-refractivity contribution is -0.115. The van der Waals surface area contributed by atoms with Crippen molar-refractivity contribution in [2.45, 2.75) is 43.4 Å². The zero-order valence-corrected chi connectivity index (χ0v) is 15.7. The molecule has 0 saturated carbocycles. The Hall–Kier alpha value is -1.77. The number of hydrogen-bond donors (Lipinski definition) is 1. The summed E-state index contributed by atoms with van der Waals surface area (Å²) in [5, 5.41) is 2.92. The average Bonchev–Trinajstić information content (AvgIpc) is 2.97. The molecule has 0 bridgehead atoms. The van der Waals surface area contributed by atoms with Gasteiger partial charge in [0.2, 0.25) is 5.91 Å². The summed E-state index contributed by atoms with van der Waals surface area (Å²) in [6, 6.07) is 6.46. The quantitative estimate of drug-likeness (QED) is 0.862. The van der Waals surface area contributed by atoms with Gasteiger partial charge in [-0.15, -0.1) is 0 Å². The Balaban J connectivity index is 1.64. The normalized spacial score (nSPS) is 14.4. The van der Waals surface area contributed by atoms with Crippen LogP contribution in [0.15, 0.2) is 29.2 Å². The Morgan fingerprint density at radius 3 is 2.68 bits per heavy atom. The highest BCUT2D eigenvalue weighted by atomic mass is 32.2. The van der Waals surface area contributed by atoms with Gasteiger partial charge in [0.25, 0.3) is 0 Å². The third-order valence-electron chi connectivity index (χ3n) is 3.98. The van der Waals surface area contributed by atoms with Gasteiger partial charge >= 0.3 is 0 Å². The summed E-state index contributed by atoms with van der Waals surface area (Å²) in [5.41, 5.74) is 1.75. The number of fused-ring (bicyclic) bond motifs is 1. The van der Waals surface area contributed by atoms with E-state index in [1.807, 2.05) is 0 Å². The minimum atomic E-state index is -3.29. The third kappa shape index (κ3) is 4.08. The van der Waals surface area contributed by atoms with Crippen LogP contribution in [0.2, 0.25) is 0 Å². The largest absolute Gasteiger partial charge is 0.375 e. The van der Waals surface area contributed by atoms with Gasteiger partial charge in [0, 0.05) is 6.42 Å². The monoisotopic (exact) mass is 380 g/mol. The Bertz CT molecular complexity index is 847. The van der Waals surface area contributed by atoms with E-state index in [2.05, 4.69) is 10.3 Å². The van der Waals surface area contributed by atoms with Crippen molar-refractivity contribution in [3.8, 4) is 0 Å². The molecular weight excluding hydrogens is 360 g/mol. The molecule has 1 aromatic heterocycles. The van der Waals surface area contributed by atoms with Gasteiger partial charge in [-0.1, -0.05) is 23.5 Å². The van der Waals surface area contributed by atoms with Crippen molar-refractivity contribution in [3.05, 3.63) is 40.4 Å². The molecule has 8 heteroatoms. The number of ether oxygens (including phenoxy) is 1. The Labute approximate surface area is 151 Å². The van der Waals surface area contributed by atoms with Gasteiger partial charge in [0.05, 0.1) is 40.4 Å². The molecule has 0 atom stereocenters. The number of carbonyl (C=O) groups excluding carboxylic acids is 1. The molecule has 0 saturated heterocycles. The van der Waals surface area contributed by atoms with Crippen molar-refractivity contribution in [3.63, 3.8) is 0 Å². The summed E-state index contributed by atoms with van der Waals surface area (Å²) < 4.78 is 29.6. The van der Waals surface area contributed by atoms with Crippen LogP contribution in [0.4, 0.5) is 5.13 Å². The standard InChI is InChI=1S/C17H20N2O4S2/c1-11(2)25(21,22)13-5-3-12(4-6-13)9-16(20)19-17-18-14-7-8-23-10-15(14)24-17/h3-6,11H,7-10H2,1-2H3,(H,18,19,20). The first kappa shape index (κ1) is 18.0. The molecule has 2 aromatic rings. The number of anilines is 1. The fourth-order valence-electron chi connectivity index (χ4n) is 2.50. The van der Waals surface area contributed by atoms with Crippen LogP contribution in [-0.2, 0) is 38.8 Å². The van der Waals surface area contributed by atoms with E-state index in [0.717, 1.165) is 22.6 Å². The Morgan fingerprint density at radius 2 is 2.04 bits per heavy atom. The highest BCUT2D eigenvalue weighted by Gasteiger charge is 2.19. The van der Waals surface area contributed by atoms with Gasteiger partial charge < -0.3 is 10.1 Å². The fourth-order valence-corrected chi connectivity index (χ4v) is 4.52. The minimum Gasteiger partial charge on any atom is -0.375 e. The summed E-state index contributed by atoms with van der Waals surface area (Å²) in [6.07, 6.45) is 0.941. The van der Waals surface area contributed by atoms with Gasteiger partial charge in [0.15, 0.2) is 15.0 Å². The number of sulfone groups is 1. The van der Waals surface area contributed by atoms with E-state index in [0.29, 0.717) is 18.3 Å². The first-order valence-electron chi connectivity index (χ1n) is 8.05. The molecule has 1 aromatic carbocycles. The van der Waals surface area contributed by atoms with E-state index in [-0.39, 0.29) is 17.2 Å². The SMILES string of the molecule is CC(C)S(=O)(=O)c1ccc(CC(=O)Nc2nc3c(s2)COCC3)cc1. The van der Waals surface area contributed by atoms with Crippen molar-refractivity contribution in [2.75, 3.05) is 11.9 Å². The van der Waals surface area contributed by atoms with E-state index >= 15 is 0 Å². The molecule has 1 aliphatic heterocycles. The smallest absolute Gasteiger partial charge is 0.230 e. The lowest BCUT2D eigenvalue weighted by Crippen LogP contribution is -2.15. The average molecular weight is 380 g/mol. The number of amides is 1. The second-order valence-corrected chi connectivity index (χ2v) is 9.74. The van der Waals surface area contributed by atoms with Crippen LogP contribution < -0.4 is 5.32 Å². The number of nitrogens with one attached hydrogen (secondary N) is 1. The number of rotatable bonds is 5. The van der Waals surface area contributed by atoms with E-state index in [4.69, 9.17) is 4.74 Å². The molecule has 134 valence electrons. The van der Waals surface area contributed by atoms with Crippen molar-refractivity contribution in [1.29, 1.82) is 0 Å². The van der Waals surface area contributed by atoms with Gasteiger partial charge in [-0.2, -0.15) is 0 Å².